The molecule has 62 heavy (non-hydrogen) atoms. The second-order valence-corrected chi connectivity index (χ2v) is 16.2. The molecule has 3 aromatic carbocycles. The van der Waals surface area contributed by atoms with Gasteiger partial charge in [0.1, 0.15) is 23.3 Å². The van der Waals surface area contributed by atoms with Gasteiger partial charge in [0.2, 0.25) is 17.7 Å². The van der Waals surface area contributed by atoms with Crippen molar-refractivity contribution in [2.75, 3.05) is 52.1 Å². The Morgan fingerprint density at radius 1 is 1.02 bits per heavy atom. The number of nitrogens with zero attached hydrogens (tertiary/aromatic N) is 6. The Morgan fingerprint density at radius 2 is 1.82 bits per heavy atom. The lowest BCUT2D eigenvalue weighted by Gasteiger charge is -2.33. The first-order chi connectivity index (χ1) is 29.9. The number of anilines is 1. The summed E-state index contributed by atoms with van der Waals surface area (Å²) in [6.45, 7) is 2.93. The number of fused-ring (bicyclic) bond motifs is 2. The number of carbonyl (C=O) groups excluding carboxylic acids is 4. The summed E-state index contributed by atoms with van der Waals surface area (Å²) in [5, 5.41) is 13.4. The minimum Gasteiger partial charge on any atom is -0.450 e. The second-order valence-electron chi connectivity index (χ2n) is 16.2. The van der Waals surface area contributed by atoms with Gasteiger partial charge in [0, 0.05) is 108 Å². The summed E-state index contributed by atoms with van der Waals surface area (Å²) in [4.78, 5) is 67.0. The first-order valence-electron chi connectivity index (χ1n) is 20.9. The third kappa shape index (κ3) is 8.36. The molecule has 4 amide bonds. The normalized spacial score (nSPS) is 16.9. The van der Waals surface area contributed by atoms with Gasteiger partial charge in [-0.25, -0.2) is 13.6 Å². The molecular formula is C45H49F2N9O6. The summed E-state index contributed by atoms with van der Waals surface area (Å²) >= 11 is 0. The molecule has 2 aliphatic rings. The predicted molar refractivity (Wildman–Crippen MR) is 229 cm³/mol. The summed E-state index contributed by atoms with van der Waals surface area (Å²) in [7, 11) is 4.76. The highest BCUT2D eigenvalue weighted by atomic mass is 19.1. The van der Waals surface area contributed by atoms with E-state index in [1.807, 2.05) is 36.5 Å². The van der Waals surface area contributed by atoms with Crippen molar-refractivity contribution >= 4 is 51.3 Å². The highest BCUT2D eigenvalue weighted by molar-refractivity contribution is 6.01. The van der Waals surface area contributed by atoms with E-state index in [4.69, 9.17) is 4.42 Å². The van der Waals surface area contributed by atoms with Gasteiger partial charge in [-0.15, -0.1) is 0 Å². The van der Waals surface area contributed by atoms with Crippen molar-refractivity contribution in [3.8, 4) is 11.1 Å². The smallest absolute Gasteiger partial charge is 0.329 e. The van der Waals surface area contributed by atoms with Crippen LogP contribution in [0.25, 0.3) is 33.1 Å². The van der Waals surface area contributed by atoms with Crippen LogP contribution in [0, 0.1) is 11.6 Å². The number of nitrogens with one attached hydrogen (secondary N) is 3. The van der Waals surface area contributed by atoms with Crippen molar-refractivity contribution < 1.29 is 32.4 Å². The fourth-order valence-electron chi connectivity index (χ4n) is 8.69. The molecule has 2 atom stereocenters. The van der Waals surface area contributed by atoms with Crippen molar-refractivity contribution in [3.05, 3.63) is 106 Å². The molecule has 1 unspecified atom stereocenters. The lowest BCUT2D eigenvalue weighted by atomic mass is 9.87. The molecular weight excluding hydrogens is 801 g/mol. The number of rotatable bonds is 14. The van der Waals surface area contributed by atoms with Gasteiger partial charge in [0.15, 0.2) is 5.76 Å². The van der Waals surface area contributed by atoms with E-state index in [2.05, 4.69) is 21.0 Å². The fourth-order valence-corrected chi connectivity index (χ4v) is 8.69. The fraction of sp³-hybridized carbons (Fsp3) is 0.378. The number of hydrogen-bond acceptors (Lipinski definition) is 9. The molecule has 0 radical (unpaired) electrons. The molecule has 6 aromatic rings. The number of piperidine rings is 2. The van der Waals surface area contributed by atoms with Gasteiger partial charge in [-0.1, -0.05) is 12.1 Å². The monoisotopic (exact) mass is 849 g/mol. The molecule has 0 aliphatic carbocycles. The van der Waals surface area contributed by atoms with E-state index in [-0.39, 0.29) is 59.6 Å². The standard InChI is InChI=1S/C45H49F2N9O6/c1-52(2)44(60)37-25-33-40(47)31(28-6-4-21-54(26-28)39(58)16-23-55-22-5-17-50-55)24-32(42(33)62-37)27-7-9-29(10-8-27)49-20-19-48-18-15-30-34(46)11-12-35-41(30)53(3)45(61)56(35)36-13-14-38(57)51-43(36)59/h5,7-12,17,22,24-25,28,36,48-49H,4,6,13-16,18-21,23,26H2,1-3H3,(H,51,57,59)/t28-,36?/m0/s1. The van der Waals surface area contributed by atoms with Crippen LogP contribution in [0.2, 0.25) is 0 Å². The van der Waals surface area contributed by atoms with Crippen LogP contribution in [0.1, 0.15) is 65.7 Å². The summed E-state index contributed by atoms with van der Waals surface area (Å²) < 4.78 is 42.2. The van der Waals surface area contributed by atoms with Crippen molar-refractivity contribution in [1.29, 1.82) is 0 Å². The van der Waals surface area contributed by atoms with Crippen molar-refractivity contribution in [2.24, 2.45) is 7.05 Å². The summed E-state index contributed by atoms with van der Waals surface area (Å²) in [6.07, 6.45) is 5.79. The van der Waals surface area contributed by atoms with E-state index in [0.717, 1.165) is 17.7 Å². The Labute approximate surface area is 355 Å². The van der Waals surface area contributed by atoms with Crippen LogP contribution in [-0.2, 0) is 34.4 Å². The molecule has 3 aromatic heterocycles. The number of carbonyl (C=O) groups is 4. The Kier molecular flexibility index (Phi) is 12.1. The average Bonchev–Trinajstić information content (AvgIpc) is 4.02. The molecule has 15 nitrogen and oxygen atoms in total. The summed E-state index contributed by atoms with van der Waals surface area (Å²) in [5.41, 5.74) is 3.71. The van der Waals surface area contributed by atoms with Crippen molar-refractivity contribution in [3.63, 3.8) is 0 Å². The number of aryl methyl sites for hydroxylation is 2. The van der Waals surface area contributed by atoms with Gasteiger partial charge in [-0.3, -0.25) is 38.3 Å². The van der Waals surface area contributed by atoms with Crippen LogP contribution < -0.4 is 21.6 Å². The van der Waals surface area contributed by atoms with E-state index in [1.165, 1.54) is 32.2 Å². The molecule has 324 valence electrons. The van der Waals surface area contributed by atoms with Crippen LogP contribution in [-0.4, -0.2) is 99.2 Å². The lowest BCUT2D eigenvalue weighted by molar-refractivity contribution is -0.136. The van der Waals surface area contributed by atoms with Crippen LogP contribution in [0.4, 0.5) is 14.5 Å². The predicted octanol–water partition coefficient (Wildman–Crippen LogP) is 4.95. The van der Waals surface area contributed by atoms with Gasteiger partial charge in [-0.2, -0.15) is 5.10 Å². The summed E-state index contributed by atoms with van der Waals surface area (Å²) in [6, 6.07) is 14.6. The van der Waals surface area contributed by atoms with Crippen LogP contribution >= 0.6 is 0 Å². The zero-order chi connectivity index (χ0) is 43.7. The number of aromatic nitrogens is 4. The van der Waals surface area contributed by atoms with E-state index >= 15 is 8.78 Å². The number of amides is 4. The number of likely N-dealkylation sites (tertiary alicyclic amines) is 1. The van der Waals surface area contributed by atoms with Gasteiger partial charge >= 0.3 is 5.69 Å². The molecule has 17 heteroatoms. The minimum atomic E-state index is -0.859. The maximum Gasteiger partial charge on any atom is 0.329 e. The Hall–Kier alpha value is -6.62. The van der Waals surface area contributed by atoms with Crippen molar-refractivity contribution in [1.82, 2.24) is 39.3 Å². The quantitative estimate of drug-likeness (QED) is 0.102. The third-order valence-corrected chi connectivity index (χ3v) is 11.9. The Morgan fingerprint density at radius 3 is 2.56 bits per heavy atom. The molecule has 0 spiro atoms. The van der Waals surface area contributed by atoms with Crippen molar-refractivity contribution in [2.45, 2.75) is 57.0 Å². The number of hydrogen-bond donors (Lipinski definition) is 3. The largest absolute Gasteiger partial charge is 0.450 e. The number of halogens is 2. The second kappa shape index (κ2) is 17.8. The van der Waals surface area contributed by atoms with Gasteiger partial charge in [0.05, 0.1) is 16.4 Å². The summed E-state index contributed by atoms with van der Waals surface area (Å²) in [5.74, 6) is -2.47. The van der Waals surface area contributed by atoms with Gasteiger partial charge in [0.25, 0.3) is 5.91 Å². The zero-order valence-electron chi connectivity index (χ0n) is 34.9. The maximum atomic E-state index is 16.5. The number of furan rings is 1. The molecule has 0 saturated carbocycles. The van der Waals surface area contributed by atoms with Crippen LogP contribution in [0.3, 0.4) is 0 Å². The molecule has 2 aliphatic heterocycles. The van der Waals surface area contributed by atoms with Gasteiger partial charge in [-0.05, 0) is 79.8 Å². The molecule has 5 heterocycles. The Bertz CT molecular complexity index is 2720. The Balaban J connectivity index is 0.937. The topological polar surface area (TPSA) is 169 Å². The molecule has 8 rings (SSSR count). The van der Waals surface area contributed by atoms with Crippen LogP contribution in [0.15, 0.2) is 76.2 Å². The molecule has 2 fully saturated rings. The van der Waals surface area contributed by atoms with Gasteiger partial charge < -0.3 is 24.9 Å². The molecule has 2 saturated heterocycles. The van der Waals surface area contributed by atoms with E-state index in [1.54, 1.807) is 43.0 Å². The number of imidazole rings is 1. The number of imide groups is 1. The molecule has 3 N–H and O–H groups in total. The molecule has 0 bridgehead atoms. The van der Waals surface area contributed by atoms with E-state index in [9.17, 15) is 24.0 Å². The zero-order valence-corrected chi connectivity index (χ0v) is 34.9. The first kappa shape index (κ1) is 42.1. The van der Waals surface area contributed by atoms with E-state index < -0.39 is 29.3 Å². The van der Waals surface area contributed by atoms with Crippen LogP contribution in [0.5, 0.6) is 0 Å². The average molecular weight is 850 g/mol. The number of benzene rings is 3. The third-order valence-electron chi connectivity index (χ3n) is 11.9. The lowest BCUT2D eigenvalue weighted by Crippen LogP contribution is -2.44. The first-order valence-corrected chi connectivity index (χ1v) is 20.9. The SMILES string of the molecule is CN(C)C(=O)c1cc2c(F)c([C@H]3CCCN(C(=O)CCn4cccn4)C3)cc(-c3ccc(NCCNCCc4c(F)ccc5c4n(C)c(=O)n5C4CCC(=O)NC4=O)cc3)c2o1. The van der Waals surface area contributed by atoms with E-state index in [0.29, 0.717) is 79.8 Å². The maximum absolute atomic E-state index is 16.5. The highest BCUT2D eigenvalue weighted by Crippen LogP contribution is 2.40. The highest BCUT2D eigenvalue weighted by Gasteiger charge is 2.33. The minimum absolute atomic E-state index is 0.00811.